The zero-order valence-corrected chi connectivity index (χ0v) is 22.3. The van der Waals surface area contributed by atoms with Gasteiger partial charge in [0, 0.05) is 7.11 Å². The number of benzene rings is 3. The van der Waals surface area contributed by atoms with Gasteiger partial charge in [0.25, 0.3) is 5.91 Å². The van der Waals surface area contributed by atoms with Crippen molar-refractivity contribution in [3.8, 4) is 5.75 Å². The van der Waals surface area contributed by atoms with Gasteiger partial charge >= 0.3 is 0 Å². The fourth-order valence-electron chi connectivity index (χ4n) is 3.36. The molecule has 0 unspecified atom stereocenters. The number of carboxylic acid groups (broad SMARTS) is 1. The highest BCUT2D eigenvalue weighted by atomic mass is 127. The summed E-state index contributed by atoms with van der Waals surface area (Å²) in [4.78, 5) is 30.9. The number of rotatable bonds is 9. The predicted molar refractivity (Wildman–Crippen MR) is 147 cm³/mol. The minimum absolute atomic E-state index is 0.109. The Morgan fingerprint density at radius 2 is 1.86 bits per heavy atom. The molecule has 7 nitrogen and oxygen atoms in total. The monoisotopic (exact) mass is 613 g/mol. The van der Waals surface area contributed by atoms with Crippen molar-refractivity contribution in [3.05, 3.63) is 98.0 Å². The SMILES string of the molecule is COCCN1C(=O)/C(=C/c2ccc(OCc3ccc(C(=O)[O-])cc3)c(I)c2)SC1=Nc1ccccc1. The van der Waals surface area contributed by atoms with Gasteiger partial charge in [-0.15, -0.1) is 0 Å². The number of nitrogens with zero attached hydrogens (tertiary/aromatic N) is 2. The van der Waals surface area contributed by atoms with Crippen LogP contribution in [0.15, 0.2) is 82.7 Å². The third-order valence-corrected chi connectivity index (χ3v) is 7.08. The largest absolute Gasteiger partial charge is 0.545 e. The maximum Gasteiger partial charge on any atom is 0.266 e. The van der Waals surface area contributed by atoms with E-state index >= 15 is 0 Å². The van der Waals surface area contributed by atoms with E-state index < -0.39 is 5.97 Å². The molecule has 0 aromatic heterocycles. The van der Waals surface area contributed by atoms with E-state index in [1.807, 2.05) is 54.6 Å². The van der Waals surface area contributed by atoms with E-state index in [1.54, 1.807) is 24.1 Å². The number of ether oxygens (including phenoxy) is 2. The quantitative estimate of drug-likeness (QED) is 0.261. The standard InChI is InChI=1S/C27H23IN2O5S/c1-34-14-13-30-25(31)24(36-27(30)29-21-5-3-2-4-6-21)16-19-9-12-23(22(28)15-19)35-17-18-7-10-20(11-8-18)26(32)33/h2-12,15-16H,13-14,17H2,1H3,(H,32,33)/p-1/b24-16-,29-27?. The molecule has 0 aliphatic carbocycles. The Balaban J connectivity index is 1.49. The molecule has 0 radical (unpaired) electrons. The van der Waals surface area contributed by atoms with Crippen molar-refractivity contribution >= 4 is 63.2 Å². The summed E-state index contributed by atoms with van der Waals surface area (Å²) < 4.78 is 12.0. The Bertz CT molecular complexity index is 1310. The molecule has 3 aromatic carbocycles. The van der Waals surface area contributed by atoms with E-state index in [1.165, 1.54) is 23.9 Å². The normalized spacial score (nSPS) is 15.6. The Kier molecular flexibility index (Phi) is 8.79. The highest BCUT2D eigenvalue weighted by Crippen LogP contribution is 2.35. The van der Waals surface area contributed by atoms with Crippen LogP contribution in [0.25, 0.3) is 6.08 Å². The molecule has 0 atom stereocenters. The molecule has 1 heterocycles. The lowest BCUT2D eigenvalue weighted by Gasteiger charge is -2.14. The molecule has 3 aromatic rings. The van der Waals surface area contributed by atoms with E-state index in [4.69, 9.17) is 9.47 Å². The van der Waals surface area contributed by atoms with Crippen LogP contribution in [0, 0.1) is 3.57 Å². The molecular weight excluding hydrogens is 591 g/mol. The Morgan fingerprint density at radius 3 is 2.53 bits per heavy atom. The van der Waals surface area contributed by atoms with Crippen LogP contribution in [0.3, 0.4) is 0 Å². The van der Waals surface area contributed by atoms with Gasteiger partial charge in [-0.2, -0.15) is 0 Å². The summed E-state index contributed by atoms with van der Waals surface area (Å²) in [5, 5.41) is 11.5. The van der Waals surface area contributed by atoms with Crippen molar-refractivity contribution in [2.45, 2.75) is 6.61 Å². The number of carboxylic acids is 1. The molecule has 4 rings (SSSR count). The van der Waals surface area contributed by atoms with Crippen LogP contribution in [-0.4, -0.2) is 42.2 Å². The molecule has 1 aliphatic heterocycles. The van der Waals surface area contributed by atoms with E-state index in [0.29, 0.717) is 35.6 Å². The number of hydrogen-bond acceptors (Lipinski definition) is 7. The van der Waals surface area contributed by atoms with Gasteiger partial charge in [0.15, 0.2) is 5.17 Å². The average molecular weight is 613 g/mol. The van der Waals surface area contributed by atoms with Crippen LogP contribution in [0.2, 0.25) is 0 Å². The maximum absolute atomic E-state index is 13.1. The smallest absolute Gasteiger partial charge is 0.266 e. The van der Waals surface area contributed by atoms with Gasteiger partial charge in [-0.25, -0.2) is 4.99 Å². The third kappa shape index (κ3) is 6.54. The molecular formula is C27H22IN2O5S-. The van der Waals surface area contributed by atoms with Gasteiger partial charge in [-0.3, -0.25) is 9.69 Å². The summed E-state index contributed by atoms with van der Waals surface area (Å²) in [5.41, 5.74) is 2.62. The molecule has 1 fully saturated rings. The lowest BCUT2D eigenvalue weighted by Crippen LogP contribution is -2.32. The number of thioether (sulfide) groups is 1. The van der Waals surface area contributed by atoms with Crippen LogP contribution < -0.4 is 9.84 Å². The summed E-state index contributed by atoms with van der Waals surface area (Å²) in [5.74, 6) is -0.622. The summed E-state index contributed by atoms with van der Waals surface area (Å²) >= 11 is 3.53. The van der Waals surface area contributed by atoms with E-state index in [0.717, 1.165) is 20.4 Å². The number of carbonyl (C=O) groups is 2. The van der Waals surface area contributed by atoms with E-state index in [2.05, 4.69) is 27.6 Å². The summed E-state index contributed by atoms with van der Waals surface area (Å²) in [7, 11) is 1.60. The second-order valence-electron chi connectivity index (χ2n) is 7.75. The van der Waals surface area contributed by atoms with Gasteiger partial charge in [-0.1, -0.05) is 48.5 Å². The van der Waals surface area contributed by atoms with Crippen molar-refractivity contribution in [1.29, 1.82) is 0 Å². The van der Waals surface area contributed by atoms with E-state index in [9.17, 15) is 14.7 Å². The van der Waals surface area contributed by atoms with E-state index in [-0.39, 0.29) is 11.5 Å². The maximum atomic E-state index is 13.1. The minimum atomic E-state index is -1.21. The molecule has 0 bridgehead atoms. The van der Waals surface area contributed by atoms with Crippen molar-refractivity contribution in [3.63, 3.8) is 0 Å². The topological polar surface area (TPSA) is 91.3 Å². The second-order valence-corrected chi connectivity index (χ2v) is 9.92. The highest BCUT2D eigenvalue weighted by Gasteiger charge is 2.33. The molecule has 1 amide bonds. The fraction of sp³-hybridized carbons (Fsp3) is 0.148. The van der Waals surface area contributed by atoms with Crippen LogP contribution in [0.1, 0.15) is 21.5 Å². The van der Waals surface area contributed by atoms with Crippen LogP contribution in [0.5, 0.6) is 5.75 Å². The number of carbonyl (C=O) groups excluding carboxylic acids is 2. The van der Waals surface area contributed by atoms with Gasteiger partial charge in [0.05, 0.1) is 33.3 Å². The highest BCUT2D eigenvalue weighted by molar-refractivity contribution is 14.1. The predicted octanol–water partition coefficient (Wildman–Crippen LogP) is 4.48. The molecule has 9 heteroatoms. The van der Waals surface area contributed by atoms with Crippen LogP contribution >= 0.6 is 34.4 Å². The fourth-order valence-corrected chi connectivity index (χ4v) is 5.08. The first-order chi connectivity index (χ1) is 17.4. The van der Waals surface area contributed by atoms with Crippen molar-refractivity contribution in [2.75, 3.05) is 20.3 Å². The summed E-state index contributed by atoms with van der Waals surface area (Å²) in [6.45, 7) is 1.12. The number of amides is 1. The van der Waals surface area contributed by atoms with Gasteiger partial charge in [0.2, 0.25) is 0 Å². The molecule has 1 aliphatic rings. The van der Waals surface area contributed by atoms with Crippen LogP contribution in [0.4, 0.5) is 5.69 Å². The molecule has 36 heavy (non-hydrogen) atoms. The number of hydrogen-bond donors (Lipinski definition) is 0. The van der Waals surface area contributed by atoms with Crippen molar-refractivity contribution in [2.24, 2.45) is 4.99 Å². The summed E-state index contributed by atoms with van der Waals surface area (Å²) in [6, 6.07) is 21.6. The second kappa shape index (κ2) is 12.2. The third-order valence-electron chi connectivity index (χ3n) is 5.23. The first kappa shape index (κ1) is 25.9. The molecule has 0 N–H and O–H groups in total. The van der Waals surface area contributed by atoms with Crippen molar-refractivity contribution < 1.29 is 24.2 Å². The number of aromatic carboxylic acids is 1. The van der Waals surface area contributed by atoms with Crippen molar-refractivity contribution in [1.82, 2.24) is 4.90 Å². The molecule has 1 saturated heterocycles. The number of aliphatic imine (C=N–C) groups is 1. The average Bonchev–Trinajstić information content (AvgIpc) is 3.16. The molecule has 0 spiro atoms. The van der Waals surface area contributed by atoms with Crippen LogP contribution in [-0.2, 0) is 16.1 Å². The number of para-hydroxylation sites is 1. The zero-order chi connectivity index (χ0) is 25.5. The number of halogens is 1. The van der Waals surface area contributed by atoms with Gasteiger partial charge < -0.3 is 19.4 Å². The lowest BCUT2D eigenvalue weighted by atomic mass is 10.1. The Hall–Kier alpha value is -3.15. The minimum Gasteiger partial charge on any atom is -0.545 e. The first-order valence-electron chi connectivity index (χ1n) is 11.0. The molecule has 0 saturated carbocycles. The number of amidine groups is 1. The lowest BCUT2D eigenvalue weighted by molar-refractivity contribution is -0.255. The first-order valence-corrected chi connectivity index (χ1v) is 12.9. The Labute approximate surface area is 227 Å². The number of methoxy groups -OCH3 is 1. The summed E-state index contributed by atoms with van der Waals surface area (Å²) in [6.07, 6.45) is 1.85. The zero-order valence-electron chi connectivity index (χ0n) is 19.3. The molecule has 184 valence electrons. The van der Waals surface area contributed by atoms with Gasteiger partial charge in [0.1, 0.15) is 12.4 Å². The Morgan fingerprint density at radius 1 is 1.11 bits per heavy atom. The van der Waals surface area contributed by atoms with Gasteiger partial charge in [-0.05, 0) is 81.4 Å².